The normalized spacial score (nSPS) is 17.3. The summed E-state index contributed by atoms with van der Waals surface area (Å²) in [7, 11) is 2.21. The molecule has 0 bridgehead atoms. The van der Waals surface area contributed by atoms with E-state index in [9.17, 15) is 22.8 Å². The molecule has 1 amide bonds. The molecular formula is C36H40BrF3N8O2S2. The summed E-state index contributed by atoms with van der Waals surface area (Å²) < 4.78 is 42.7. The Hall–Kier alpha value is -3.99. The number of carbonyl (C=O) groups excluding carboxylic acids is 2. The Morgan fingerprint density at radius 2 is 1.37 bits per heavy atom. The van der Waals surface area contributed by atoms with E-state index in [1.165, 1.54) is 59.8 Å². The van der Waals surface area contributed by atoms with Crippen molar-refractivity contribution in [2.24, 2.45) is 0 Å². The summed E-state index contributed by atoms with van der Waals surface area (Å²) in [5.41, 5.74) is 1.48. The monoisotopic (exact) mass is 816 g/mol. The molecule has 2 saturated heterocycles. The third kappa shape index (κ3) is 8.96. The van der Waals surface area contributed by atoms with Crippen molar-refractivity contribution in [3.8, 4) is 0 Å². The highest BCUT2D eigenvalue weighted by Gasteiger charge is 2.34. The van der Waals surface area contributed by atoms with E-state index in [4.69, 9.17) is 0 Å². The summed E-state index contributed by atoms with van der Waals surface area (Å²) in [6.45, 7) is 9.46. The van der Waals surface area contributed by atoms with E-state index in [1.54, 1.807) is 26.3 Å². The Bertz CT molecular complexity index is 2090. The van der Waals surface area contributed by atoms with E-state index in [0.29, 0.717) is 34.0 Å². The van der Waals surface area contributed by atoms with E-state index in [0.717, 1.165) is 51.2 Å². The number of aromatic nitrogens is 6. The summed E-state index contributed by atoms with van der Waals surface area (Å²) in [6.07, 6.45) is 3.93. The molecule has 2 aliphatic heterocycles. The van der Waals surface area contributed by atoms with Gasteiger partial charge in [0.2, 0.25) is 5.01 Å². The van der Waals surface area contributed by atoms with E-state index >= 15 is 0 Å². The van der Waals surface area contributed by atoms with Gasteiger partial charge in [-0.3, -0.25) is 14.5 Å². The maximum Gasteiger partial charge on any atom is 0.416 e. The molecule has 276 valence electrons. The molecule has 2 atom stereocenters. The number of hydrogen-bond acceptors (Lipinski definition) is 9. The van der Waals surface area contributed by atoms with E-state index < -0.39 is 11.7 Å². The molecule has 6 heterocycles. The van der Waals surface area contributed by atoms with Crippen molar-refractivity contribution < 1.29 is 22.8 Å². The largest absolute Gasteiger partial charge is 0.416 e. The van der Waals surface area contributed by atoms with Crippen LogP contribution in [0.1, 0.15) is 99.6 Å². The van der Waals surface area contributed by atoms with Gasteiger partial charge in [0.05, 0.1) is 24.0 Å². The fourth-order valence-corrected chi connectivity index (χ4v) is 8.08. The first-order valence-corrected chi connectivity index (χ1v) is 19.4. The molecule has 0 radical (unpaired) electrons. The number of aldehydes is 1. The van der Waals surface area contributed by atoms with Crippen LogP contribution in [0.5, 0.6) is 0 Å². The lowest BCUT2D eigenvalue weighted by atomic mass is 10.0. The lowest BCUT2D eigenvalue weighted by Gasteiger charge is -2.24. The molecule has 8 rings (SSSR count). The highest BCUT2D eigenvalue weighted by Crippen LogP contribution is 2.36. The van der Waals surface area contributed by atoms with Crippen LogP contribution in [0.3, 0.4) is 0 Å². The molecule has 0 N–H and O–H groups in total. The number of halogens is 4. The van der Waals surface area contributed by atoms with Crippen LogP contribution in [0.15, 0.2) is 65.4 Å². The minimum atomic E-state index is -4.36. The number of likely N-dealkylation sites (tertiary alicyclic amines) is 2. The first-order chi connectivity index (χ1) is 24.9. The lowest BCUT2D eigenvalue weighted by Crippen LogP contribution is -2.30. The van der Waals surface area contributed by atoms with Crippen molar-refractivity contribution in [2.75, 3.05) is 20.1 Å². The topological polar surface area (TPSA) is 101 Å². The predicted octanol–water partition coefficient (Wildman–Crippen LogP) is 9.25. The van der Waals surface area contributed by atoms with E-state index in [1.807, 2.05) is 27.7 Å². The molecule has 0 saturated carbocycles. The van der Waals surface area contributed by atoms with Gasteiger partial charge in [-0.05, 0) is 88.5 Å². The van der Waals surface area contributed by atoms with Gasteiger partial charge in [0.25, 0.3) is 5.91 Å². The summed E-state index contributed by atoms with van der Waals surface area (Å²) in [6, 6.07) is 14.2. The van der Waals surface area contributed by atoms with Gasteiger partial charge in [0, 0.05) is 17.1 Å². The van der Waals surface area contributed by atoms with Crippen molar-refractivity contribution in [1.82, 2.24) is 39.0 Å². The van der Waals surface area contributed by atoms with Crippen LogP contribution in [0.2, 0.25) is 0 Å². The van der Waals surface area contributed by atoms with Crippen molar-refractivity contribution in [1.29, 1.82) is 0 Å². The predicted molar refractivity (Wildman–Crippen MR) is 201 cm³/mol. The zero-order valence-electron chi connectivity index (χ0n) is 29.5. The smallest absolute Gasteiger partial charge is 0.329 e. The van der Waals surface area contributed by atoms with Crippen LogP contribution in [0.4, 0.5) is 13.2 Å². The Balaban J connectivity index is 0.000000167. The highest BCUT2D eigenvalue weighted by molar-refractivity contribution is 9.10. The van der Waals surface area contributed by atoms with Crippen molar-refractivity contribution >= 4 is 60.5 Å². The number of hydrogen-bond donors (Lipinski definition) is 0. The summed E-state index contributed by atoms with van der Waals surface area (Å²) in [4.78, 5) is 37.2. The quantitative estimate of drug-likeness (QED) is 0.164. The van der Waals surface area contributed by atoms with Crippen molar-refractivity contribution in [2.45, 2.75) is 71.6 Å². The maximum atomic E-state index is 12.9. The molecule has 16 heteroatoms. The Labute approximate surface area is 316 Å². The standard InChI is InChI=1S/C17H15F3N4OS.C11H14BrN.C6H5N3OS.C2H6/c1-10-21-9-14-24(10)22-15(26-14)16(25)23-8-2-3-13(23)11-4-6-12(7-5-11)17(18,19)20;1-13-8-2-3-11(13)9-4-6-10(12)7-5-9;1-4-7-2-6-9(4)8-5(3-10)11-6;1-2/h4-7,9,13H,2-3,8H2,1H3;4-7,11H,2-3,8H2,1H3;2-3H,1H3;1-2H3/t;11-;;/m.1../s1. The number of nitrogens with zero attached hydrogens (tertiary/aromatic N) is 8. The van der Waals surface area contributed by atoms with Crippen molar-refractivity contribution in [3.05, 3.63) is 104 Å². The zero-order valence-corrected chi connectivity index (χ0v) is 32.7. The lowest BCUT2D eigenvalue weighted by molar-refractivity contribution is -0.137. The number of imidazole rings is 2. The van der Waals surface area contributed by atoms with E-state index in [2.05, 4.69) is 72.3 Å². The average Bonchev–Trinajstić information content (AvgIpc) is 4.00. The highest BCUT2D eigenvalue weighted by atomic mass is 79.9. The molecule has 52 heavy (non-hydrogen) atoms. The second-order valence-electron chi connectivity index (χ2n) is 12.0. The van der Waals surface area contributed by atoms with Gasteiger partial charge in [-0.2, -0.15) is 18.3 Å². The molecule has 0 spiro atoms. The van der Waals surface area contributed by atoms with Crippen LogP contribution >= 0.6 is 38.6 Å². The third-order valence-electron chi connectivity index (χ3n) is 8.75. The molecule has 2 aromatic carbocycles. The van der Waals surface area contributed by atoms with Crippen LogP contribution in [0.25, 0.3) is 9.66 Å². The van der Waals surface area contributed by atoms with Gasteiger partial charge >= 0.3 is 6.18 Å². The van der Waals surface area contributed by atoms with Gasteiger partial charge in [0.15, 0.2) is 11.3 Å². The Kier molecular flexibility index (Phi) is 13.0. The fraction of sp³-hybridized carbons (Fsp3) is 0.389. The molecule has 10 nitrogen and oxygen atoms in total. The minimum absolute atomic E-state index is 0.194. The zero-order chi connectivity index (χ0) is 37.6. The molecule has 0 aliphatic carbocycles. The first-order valence-electron chi connectivity index (χ1n) is 16.9. The summed E-state index contributed by atoms with van der Waals surface area (Å²) in [5, 5.41) is 9.18. The molecule has 2 fully saturated rings. The molecule has 6 aromatic rings. The first kappa shape index (κ1) is 39.2. The van der Waals surface area contributed by atoms with Crippen LogP contribution in [-0.2, 0) is 6.18 Å². The SMILES string of the molecule is CC.CN1CCC[C@@H]1c1ccc(Br)cc1.Cc1ncc2sc(C(=O)N3CCCC3c3ccc(C(F)(F)F)cc3)nn12.Cc1ncc2sc(C=O)nn12. The molecule has 2 aliphatic rings. The summed E-state index contributed by atoms with van der Waals surface area (Å²) in [5.74, 6) is 1.32. The second kappa shape index (κ2) is 17.2. The maximum absolute atomic E-state index is 12.9. The van der Waals surface area contributed by atoms with Crippen LogP contribution in [-0.4, -0.2) is 71.3 Å². The number of carbonyl (C=O) groups is 2. The molecule has 1 unspecified atom stereocenters. The number of aryl methyl sites for hydroxylation is 2. The van der Waals surface area contributed by atoms with Gasteiger partial charge < -0.3 is 4.90 Å². The second-order valence-corrected chi connectivity index (χ2v) is 15.0. The Morgan fingerprint density at radius 1 is 0.827 bits per heavy atom. The molecule has 4 aromatic heterocycles. The fourth-order valence-electron chi connectivity index (χ4n) is 6.18. The van der Waals surface area contributed by atoms with Crippen molar-refractivity contribution in [3.63, 3.8) is 0 Å². The number of benzene rings is 2. The van der Waals surface area contributed by atoms with Crippen LogP contribution < -0.4 is 0 Å². The van der Waals surface area contributed by atoms with E-state index in [-0.39, 0.29) is 11.9 Å². The Morgan fingerprint density at radius 3 is 1.90 bits per heavy atom. The molecular weight excluding hydrogens is 777 g/mol. The van der Waals surface area contributed by atoms with Gasteiger partial charge in [-0.25, -0.2) is 19.0 Å². The van der Waals surface area contributed by atoms with Gasteiger partial charge in [-0.1, -0.05) is 76.7 Å². The number of fused-ring (bicyclic) bond motifs is 2. The number of amides is 1. The van der Waals surface area contributed by atoms with Crippen LogP contribution in [0, 0.1) is 13.8 Å². The van der Waals surface area contributed by atoms with Gasteiger partial charge in [-0.15, -0.1) is 5.10 Å². The summed E-state index contributed by atoms with van der Waals surface area (Å²) >= 11 is 6.06. The average molecular weight is 818 g/mol. The van der Waals surface area contributed by atoms with Gasteiger partial charge in [0.1, 0.15) is 21.3 Å². The minimum Gasteiger partial charge on any atom is -0.329 e. The third-order valence-corrected chi connectivity index (χ3v) is 11.1. The number of alkyl halides is 3. The number of rotatable bonds is 4.